The highest BCUT2D eigenvalue weighted by molar-refractivity contribution is 6.14. The van der Waals surface area contributed by atoms with Crippen LogP contribution in [0.1, 0.15) is 67.0 Å². The van der Waals surface area contributed by atoms with Gasteiger partial charge in [-0.1, -0.05) is 47.5 Å². The Morgan fingerprint density at radius 2 is 1.23 bits per heavy atom. The monoisotopic (exact) mass is 393 g/mol. The molecule has 0 radical (unpaired) electrons. The highest BCUT2D eigenvalue weighted by atomic mass is 14.4. The van der Waals surface area contributed by atoms with Gasteiger partial charge >= 0.3 is 0 Å². The molecule has 0 fully saturated rings. The second kappa shape index (κ2) is 7.40. The fourth-order valence-electron chi connectivity index (χ4n) is 4.90. The van der Waals surface area contributed by atoms with Gasteiger partial charge in [-0.05, 0) is 105 Å². The van der Waals surface area contributed by atoms with Gasteiger partial charge in [0.05, 0.1) is 5.71 Å². The maximum Gasteiger partial charge on any atom is 0.0690 e. The first-order valence-electron chi connectivity index (χ1n) is 10.8. The van der Waals surface area contributed by atoms with Crippen LogP contribution in [0, 0.1) is 26.2 Å². The first kappa shape index (κ1) is 20.3. The predicted octanol–water partition coefficient (Wildman–Crippen LogP) is 7.95. The van der Waals surface area contributed by atoms with Crippen molar-refractivity contribution in [2.24, 2.45) is 0 Å². The largest absolute Gasteiger partial charge is 0.300 e. The van der Waals surface area contributed by atoms with E-state index in [4.69, 9.17) is 0 Å². The highest BCUT2D eigenvalue weighted by Crippen LogP contribution is 2.45. The lowest BCUT2D eigenvalue weighted by molar-refractivity contribution is 0.934. The van der Waals surface area contributed by atoms with Gasteiger partial charge in [-0.3, -0.25) is 5.41 Å². The lowest BCUT2D eigenvalue weighted by atomic mass is 9.81. The molecule has 0 atom stereocenters. The molecule has 152 valence electrons. The molecule has 30 heavy (non-hydrogen) atoms. The van der Waals surface area contributed by atoms with Gasteiger partial charge in [-0.15, -0.1) is 0 Å². The quantitative estimate of drug-likeness (QED) is 0.437. The van der Waals surface area contributed by atoms with Gasteiger partial charge in [0.25, 0.3) is 0 Å². The third-order valence-electron chi connectivity index (χ3n) is 7.44. The molecular formula is C29H31N. The molecule has 0 aromatic heterocycles. The summed E-state index contributed by atoms with van der Waals surface area (Å²) >= 11 is 0. The van der Waals surface area contributed by atoms with Crippen LogP contribution in [-0.4, -0.2) is 5.71 Å². The molecule has 1 N–H and O–H groups in total. The summed E-state index contributed by atoms with van der Waals surface area (Å²) in [4.78, 5) is 0. The van der Waals surface area contributed by atoms with Crippen LogP contribution < -0.4 is 0 Å². The van der Waals surface area contributed by atoms with E-state index in [1.165, 1.54) is 55.3 Å². The van der Waals surface area contributed by atoms with Gasteiger partial charge in [0.15, 0.2) is 0 Å². The topological polar surface area (TPSA) is 23.9 Å². The number of benzene rings is 3. The zero-order chi connectivity index (χ0) is 21.7. The van der Waals surface area contributed by atoms with E-state index in [2.05, 4.69) is 97.0 Å². The number of rotatable bonds is 3. The minimum atomic E-state index is 0.247. The fourth-order valence-corrected chi connectivity index (χ4v) is 4.90. The molecule has 0 unspecified atom stereocenters. The Kier molecular flexibility index (Phi) is 5.02. The molecule has 1 heteroatoms. The minimum Gasteiger partial charge on any atom is -0.300 e. The second-order valence-electron chi connectivity index (χ2n) is 8.89. The molecule has 0 spiro atoms. The average molecular weight is 394 g/mol. The highest BCUT2D eigenvalue weighted by Gasteiger charge is 2.29. The van der Waals surface area contributed by atoms with Crippen molar-refractivity contribution in [1.29, 1.82) is 5.41 Å². The molecule has 3 aromatic carbocycles. The van der Waals surface area contributed by atoms with E-state index in [0.29, 0.717) is 5.71 Å². The van der Waals surface area contributed by atoms with E-state index in [9.17, 15) is 5.41 Å². The minimum absolute atomic E-state index is 0.247. The number of nitrogens with one attached hydrogen (secondary N) is 1. The standard InChI is InChI=1S/C29H31N/c1-16-12-13-25(20(5)17(16)2)29(30)27-15-24-11-9-8-10-23(24)14-26(27)28-21(6)18(3)19(4)22(28)7/h8-15,28,30H,1-7H3. The Morgan fingerprint density at radius 3 is 1.83 bits per heavy atom. The van der Waals surface area contributed by atoms with Gasteiger partial charge in [0, 0.05) is 17.0 Å². The predicted molar refractivity (Wildman–Crippen MR) is 130 cm³/mol. The lowest BCUT2D eigenvalue weighted by Gasteiger charge is -2.22. The number of aryl methyl sites for hydroxylation is 1. The van der Waals surface area contributed by atoms with Gasteiger partial charge in [0.1, 0.15) is 0 Å². The SMILES string of the molecule is CC1=C(C)C(c2cc3ccccc3cc2C(=N)c2ccc(C)c(C)c2C)C(C)=C1C. The van der Waals surface area contributed by atoms with E-state index in [-0.39, 0.29) is 5.92 Å². The van der Waals surface area contributed by atoms with Crippen LogP contribution in [0.5, 0.6) is 0 Å². The zero-order valence-corrected chi connectivity index (χ0v) is 19.2. The normalized spacial score (nSPS) is 14.9. The van der Waals surface area contributed by atoms with Crippen LogP contribution in [-0.2, 0) is 0 Å². The van der Waals surface area contributed by atoms with Crippen molar-refractivity contribution in [1.82, 2.24) is 0 Å². The third-order valence-corrected chi connectivity index (χ3v) is 7.44. The van der Waals surface area contributed by atoms with Crippen LogP contribution in [0.3, 0.4) is 0 Å². The van der Waals surface area contributed by atoms with Gasteiger partial charge in [0.2, 0.25) is 0 Å². The molecule has 3 aromatic rings. The van der Waals surface area contributed by atoms with Crippen LogP contribution in [0.25, 0.3) is 10.8 Å². The smallest absolute Gasteiger partial charge is 0.0690 e. The van der Waals surface area contributed by atoms with Gasteiger partial charge in [-0.2, -0.15) is 0 Å². The summed E-state index contributed by atoms with van der Waals surface area (Å²) in [5, 5.41) is 11.7. The van der Waals surface area contributed by atoms with E-state index in [1.54, 1.807) is 0 Å². The Morgan fingerprint density at radius 1 is 0.667 bits per heavy atom. The summed E-state index contributed by atoms with van der Waals surface area (Å²) in [6.45, 7) is 15.4. The van der Waals surface area contributed by atoms with Gasteiger partial charge in [-0.25, -0.2) is 0 Å². The first-order valence-corrected chi connectivity index (χ1v) is 10.8. The van der Waals surface area contributed by atoms with Crippen molar-refractivity contribution in [2.45, 2.75) is 54.4 Å². The summed E-state index contributed by atoms with van der Waals surface area (Å²) in [5.74, 6) is 0.247. The van der Waals surface area contributed by atoms with Crippen LogP contribution >= 0.6 is 0 Å². The maximum absolute atomic E-state index is 9.26. The van der Waals surface area contributed by atoms with Crippen molar-refractivity contribution in [3.8, 4) is 0 Å². The lowest BCUT2D eigenvalue weighted by Crippen LogP contribution is -2.12. The molecule has 0 bridgehead atoms. The molecule has 4 rings (SSSR count). The molecule has 1 nitrogen and oxygen atoms in total. The number of fused-ring (bicyclic) bond motifs is 1. The Labute approximate surface area is 180 Å². The molecule has 0 saturated carbocycles. The molecule has 0 amide bonds. The summed E-state index contributed by atoms with van der Waals surface area (Å²) in [6.07, 6.45) is 0. The van der Waals surface area contributed by atoms with Crippen molar-refractivity contribution in [2.75, 3.05) is 0 Å². The Balaban J connectivity index is 1.99. The molecular weight excluding hydrogens is 362 g/mol. The van der Waals surface area contributed by atoms with E-state index in [0.717, 1.165) is 11.1 Å². The van der Waals surface area contributed by atoms with E-state index >= 15 is 0 Å². The fraction of sp³-hybridized carbons (Fsp3) is 0.276. The van der Waals surface area contributed by atoms with E-state index in [1.807, 2.05) is 0 Å². The first-order chi connectivity index (χ1) is 14.2. The summed E-state index contributed by atoms with van der Waals surface area (Å²) in [5.41, 5.74) is 13.3. The zero-order valence-electron chi connectivity index (χ0n) is 19.2. The Bertz CT molecular complexity index is 1240. The number of allylic oxidation sites excluding steroid dienone is 4. The third kappa shape index (κ3) is 3.04. The summed E-state index contributed by atoms with van der Waals surface area (Å²) < 4.78 is 0. The number of hydrogen-bond acceptors (Lipinski definition) is 1. The van der Waals surface area contributed by atoms with Crippen LogP contribution in [0.4, 0.5) is 0 Å². The van der Waals surface area contributed by atoms with Crippen LogP contribution in [0.2, 0.25) is 0 Å². The maximum atomic E-state index is 9.26. The molecule has 0 aliphatic heterocycles. The van der Waals surface area contributed by atoms with Crippen molar-refractivity contribution in [3.05, 3.63) is 104 Å². The molecule has 1 aliphatic rings. The van der Waals surface area contributed by atoms with Gasteiger partial charge < -0.3 is 0 Å². The average Bonchev–Trinajstić information content (AvgIpc) is 2.93. The Hall–Kier alpha value is -2.93. The molecule has 1 aliphatic carbocycles. The van der Waals surface area contributed by atoms with Crippen molar-refractivity contribution in [3.63, 3.8) is 0 Å². The van der Waals surface area contributed by atoms with Crippen molar-refractivity contribution < 1.29 is 0 Å². The van der Waals surface area contributed by atoms with E-state index < -0.39 is 0 Å². The number of hydrogen-bond donors (Lipinski definition) is 1. The molecule has 0 heterocycles. The summed E-state index contributed by atoms with van der Waals surface area (Å²) in [6, 6.07) is 17.3. The van der Waals surface area contributed by atoms with Crippen molar-refractivity contribution >= 4 is 16.5 Å². The van der Waals surface area contributed by atoms with Crippen LogP contribution in [0.15, 0.2) is 70.8 Å². The second-order valence-corrected chi connectivity index (χ2v) is 8.89. The molecule has 0 saturated heterocycles. The summed E-state index contributed by atoms with van der Waals surface area (Å²) in [7, 11) is 0.